The number of benzene rings is 3. The maximum atomic E-state index is 13.9. The Balaban J connectivity index is 1.73. The van der Waals surface area contributed by atoms with Crippen molar-refractivity contribution in [3.05, 3.63) is 131 Å². The van der Waals surface area contributed by atoms with Crippen molar-refractivity contribution < 1.29 is 19.1 Å². The number of Topliss-reactive ketones (excluding diaryl/α,β-unsaturated/α-hetero) is 2. The van der Waals surface area contributed by atoms with Crippen molar-refractivity contribution >= 4 is 11.6 Å². The number of nitrogens with one attached hydrogen (secondary N) is 1. The van der Waals surface area contributed by atoms with Crippen molar-refractivity contribution in [1.82, 2.24) is 5.32 Å². The second-order valence-electron chi connectivity index (χ2n) is 8.21. The Kier molecular flexibility index (Phi) is 5.60. The molecular weight excluding hydrogens is 426 g/mol. The van der Waals surface area contributed by atoms with E-state index in [4.69, 9.17) is 9.47 Å². The third-order valence-corrected chi connectivity index (χ3v) is 6.08. The van der Waals surface area contributed by atoms with Gasteiger partial charge in [0.1, 0.15) is 12.5 Å². The predicted molar refractivity (Wildman–Crippen MR) is 130 cm³/mol. The molecule has 0 aliphatic carbocycles. The Morgan fingerprint density at radius 1 is 0.676 bits per heavy atom. The quantitative estimate of drug-likeness (QED) is 0.489. The van der Waals surface area contributed by atoms with E-state index >= 15 is 0 Å². The molecule has 0 bridgehead atoms. The number of ether oxygens (including phenoxy) is 2. The van der Waals surface area contributed by atoms with E-state index in [1.807, 2.05) is 62.4 Å². The van der Waals surface area contributed by atoms with Crippen molar-refractivity contribution in [1.29, 1.82) is 0 Å². The molecule has 0 unspecified atom stereocenters. The molecule has 0 saturated carbocycles. The first-order valence-corrected chi connectivity index (χ1v) is 11.1. The second-order valence-corrected chi connectivity index (χ2v) is 8.21. The van der Waals surface area contributed by atoms with Crippen molar-refractivity contribution in [2.75, 3.05) is 0 Å². The van der Waals surface area contributed by atoms with Gasteiger partial charge < -0.3 is 14.8 Å². The number of ketones is 2. The van der Waals surface area contributed by atoms with Gasteiger partial charge in [0.2, 0.25) is 0 Å². The number of para-hydroxylation sites is 1. The molecule has 2 heterocycles. The van der Waals surface area contributed by atoms with Gasteiger partial charge >= 0.3 is 0 Å². The monoisotopic (exact) mass is 449 g/mol. The van der Waals surface area contributed by atoms with Gasteiger partial charge in [0.25, 0.3) is 0 Å². The van der Waals surface area contributed by atoms with Crippen molar-refractivity contribution in [3.8, 4) is 11.5 Å². The van der Waals surface area contributed by atoms with Crippen LogP contribution in [0.4, 0.5) is 0 Å². The molecule has 0 atom stereocenters. The summed E-state index contributed by atoms with van der Waals surface area (Å²) in [4.78, 5) is 27.7. The summed E-state index contributed by atoms with van der Waals surface area (Å²) in [6, 6.07) is 23.7. The Bertz CT molecular complexity index is 1290. The fourth-order valence-corrected chi connectivity index (χ4v) is 4.57. The van der Waals surface area contributed by atoms with Gasteiger partial charge in [-0.15, -0.1) is 0 Å². The minimum atomic E-state index is -0.647. The predicted octanol–water partition coefficient (Wildman–Crippen LogP) is 5.93. The van der Waals surface area contributed by atoms with Crippen LogP contribution in [0.15, 0.2) is 114 Å². The highest BCUT2D eigenvalue weighted by Crippen LogP contribution is 2.47. The van der Waals surface area contributed by atoms with Crippen LogP contribution in [0.1, 0.15) is 46.0 Å². The standard InChI is InChI=1S/C29H23NO4/c1-18-24(27(31)20-10-5-3-6-11-20)26(22-14-9-15-23-29(22)34-17-16-33-23)25(19(2)30-18)28(32)21-12-7-4-8-13-21/h3-17,26,30H,1-2H3. The van der Waals surface area contributed by atoms with Gasteiger partial charge in [-0.25, -0.2) is 0 Å². The van der Waals surface area contributed by atoms with Gasteiger partial charge in [0, 0.05) is 45.1 Å². The molecule has 0 radical (unpaired) electrons. The van der Waals surface area contributed by atoms with E-state index in [0.717, 1.165) is 0 Å². The second kappa shape index (κ2) is 8.87. The summed E-state index contributed by atoms with van der Waals surface area (Å²) < 4.78 is 11.5. The largest absolute Gasteiger partial charge is 0.458 e. The molecule has 5 nitrogen and oxygen atoms in total. The lowest BCUT2D eigenvalue weighted by Gasteiger charge is -2.32. The molecule has 3 aromatic rings. The van der Waals surface area contributed by atoms with Gasteiger partial charge in [-0.2, -0.15) is 0 Å². The molecule has 0 aromatic heterocycles. The first-order chi connectivity index (χ1) is 16.6. The third kappa shape index (κ3) is 3.71. The van der Waals surface area contributed by atoms with Gasteiger partial charge in [-0.05, 0) is 19.9 Å². The fourth-order valence-electron chi connectivity index (χ4n) is 4.57. The molecule has 2 aliphatic rings. The molecule has 3 aromatic carbocycles. The summed E-state index contributed by atoms with van der Waals surface area (Å²) >= 11 is 0. The number of rotatable bonds is 5. The molecule has 2 aliphatic heterocycles. The average molecular weight is 450 g/mol. The number of hydrogen-bond donors (Lipinski definition) is 1. The highest BCUT2D eigenvalue weighted by molar-refractivity contribution is 6.16. The lowest BCUT2D eigenvalue weighted by molar-refractivity contribution is 0.101. The molecule has 5 heteroatoms. The van der Waals surface area contributed by atoms with Crippen molar-refractivity contribution in [2.45, 2.75) is 19.8 Å². The van der Waals surface area contributed by atoms with E-state index in [0.29, 0.717) is 50.7 Å². The van der Waals surface area contributed by atoms with Crippen LogP contribution in [0.2, 0.25) is 0 Å². The summed E-state index contributed by atoms with van der Waals surface area (Å²) in [6.07, 6.45) is 2.92. The minimum Gasteiger partial charge on any atom is -0.458 e. The van der Waals surface area contributed by atoms with Crippen LogP contribution in [0.25, 0.3) is 0 Å². The maximum Gasteiger partial charge on any atom is 0.191 e. The lowest BCUT2D eigenvalue weighted by Crippen LogP contribution is -2.31. The van der Waals surface area contributed by atoms with E-state index in [-0.39, 0.29) is 11.6 Å². The number of carbonyl (C=O) groups excluding carboxylic acids is 2. The first kappa shape index (κ1) is 21.5. The summed E-state index contributed by atoms with van der Waals surface area (Å²) in [5.41, 5.74) is 4.20. The Labute approximate surface area is 198 Å². The normalized spacial score (nSPS) is 15.2. The van der Waals surface area contributed by atoms with Crippen molar-refractivity contribution in [3.63, 3.8) is 0 Å². The Morgan fingerprint density at radius 3 is 1.76 bits per heavy atom. The van der Waals surface area contributed by atoms with Gasteiger partial charge in [-0.3, -0.25) is 9.59 Å². The van der Waals surface area contributed by atoms with E-state index in [9.17, 15) is 9.59 Å². The van der Waals surface area contributed by atoms with Crippen LogP contribution < -0.4 is 14.8 Å². The average Bonchev–Trinajstić information content (AvgIpc) is 2.88. The SMILES string of the molecule is CC1=C(C(=O)c2ccccc2)C(c2cccc3c2OC=CO3)C(C(=O)c2ccccc2)=C(C)N1. The first-order valence-electron chi connectivity index (χ1n) is 11.1. The highest BCUT2D eigenvalue weighted by atomic mass is 16.5. The van der Waals surface area contributed by atoms with Crippen LogP contribution in [0.5, 0.6) is 11.5 Å². The molecule has 0 spiro atoms. The van der Waals surface area contributed by atoms with Crippen LogP contribution in [-0.2, 0) is 0 Å². The van der Waals surface area contributed by atoms with Gasteiger partial charge in [0.15, 0.2) is 23.1 Å². The molecule has 0 saturated heterocycles. The zero-order valence-corrected chi connectivity index (χ0v) is 18.9. The number of allylic oxidation sites excluding steroid dienone is 4. The Hall–Kier alpha value is -4.38. The van der Waals surface area contributed by atoms with Crippen LogP contribution in [-0.4, -0.2) is 11.6 Å². The molecule has 168 valence electrons. The summed E-state index contributed by atoms with van der Waals surface area (Å²) in [6.45, 7) is 3.73. The van der Waals surface area contributed by atoms with Crippen LogP contribution >= 0.6 is 0 Å². The summed E-state index contributed by atoms with van der Waals surface area (Å²) in [5.74, 6) is 0.0884. The molecule has 0 amide bonds. The Morgan fingerprint density at radius 2 is 1.21 bits per heavy atom. The molecule has 5 rings (SSSR count). The van der Waals surface area contributed by atoms with E-state index in [1.165, 1.54) is 12.5 Å². The number of carbonyl (C=O) groups is 2. The van der Waals surface area contributed by atoms with E-state index in [2.05, 4.69) is 5.32 Å². The number of hydrogen-bond acceptors (Lipinski definition) is 5. The van der Waals surface area contributed by atoms with E-state index < -0.39 is 5.92 Å². The molecule has 0 fully saturated rings. The zero-order chi connectivity index (χ0) is 23.7. The third-order valence-electron chi connectivity index (χ3n) is 6.08. The van der Waals surface area contributed by atoms with Crippen LogP contribution in [0, 0.1) is 0 Å². The molecule has 34 heavy (non-hydrogen) atoms. The van der Waals surface area contributed by atoms with Crippen LogP contribution in [0.3, 0.4) is 0 Å². The highest BCUT2D eigenvalue weighted by Gasteiger charge is 2.39. The fraction of sp³-hybridized carbons (Fsp3) is 0.103. The zero-order valence-electron chi connectivity index (χ0n) is 18.9. The van der Waals surface area contributed by atoms with E-state index in [1.54, 1.807) is 30.3 Å². The maximum absolute atomic E-state index is 13.9. The van der Waals surface area contributed by atoms with Gasteiger partial charge in [0.05, 0.1) is 0 Å². The molecule has 1 N–H and O–H groups in total. The number of fused-ring (bicyclic) bond motifs is 1. The topological polar surface area (TPSA) is 64.6 Å². The minimum absolute atomic E-state index is 0.147. The molecular formula is C29H23NO4. The lowest BCUT2D eigenvalue weighted by atomic mass is 9.75. The smallest absolute Gasteiger partial charge is 0.191 e. The van der Waals surface area contributed by atoms with Gasteiger partial charge in [-0.1, -0.05) is 72.8 Å². The van der Waals surface area contributed by atoms with Crippen molar-refractivity contribution in [2.24, 2.45) is 0 Å². The summed E-state index contributed by atoms with van der Waals surface area (Å²) in [5, 5.41) is 3.29. The number of dihydropyridines is 1. The summed E-state index contributed by atoms with van der Waals surface area (Å²) in [7, 11) is 0.